The minimum atomic E-state index is -0.872. The third-order valence-electron chi connectivity index (χ3n) is 5.02. The molecule has 3 heterocycles. The van der Waals surface area contributed by atoms with E-state index >= 15 is 0 Å². The van der Waals surface area contributed by atoms with Crippen LogP contribution < -0.4 is 10.9 Å². The van der Waals surface area contributed by atoms with Crippen molar-refractivity contribution in [2.24, 2.45) is 5.92 Å². The van der Waals surface area contributed by atoms with Crippen molar-refractivity contribution in [3.63, 3.8) is 0 Å². The summed E-state index contributed by atoms with van der Waals surface area (Å²) in [7, 11) is 0. The zero-order valence-electron chi connectivity index (χ0n) is 16.6. The number of benzene rings is 1. The Morgan fingerprint density at radius 3 is 2.70 bits per heavy atom. The Hall–Kier alpha value is -3.08. The second-order valence-corrected chi connectivity index (χ2v) is 7.52. The normalized spacial score (nSPS) is 21.4. The summed E-state index contributed by atoms with van der Waals surface area (Å²) in [6.45, 7) is 3.12. The molecule has 1 aliphatic rings. The summed E-state index contributed by atoms with van der Waals surface area (Å²) < 4.78 is 7.45. The minimum Gasteiger partial charge on any atom is -0.394 e. The number of hydrogen-bond donors (Lipinski definition) is 4. The Balaban J connectivity index is 1.89. The highest BCUT2D eigenvalue weighted by atomic mass is 16.5. The second kappa shape index (κ2) is 7.98. The lowest BCUT2D eigenvalue weighted by atomic mass is 10.2. The van der Waals surface area contributed by atoms with Gasteiger partial charge in [-0.2, -0.15) is 4.98 Å². The molecule has 0 radical (unpaired) electrons. The number of rotatable bonds is 5. The van der Waals surface area contributed by atoms with Gasteiger partial charge in [-0.05, 0) is 0 Å². The minimum absolute atomic E-state index is 0.00390. The van der Waals surface area contributed by atoms with E-state index in [0.29, 0.717) is 5.82 Å². The average Bonchev–Trinajstić information content (AvgIpc) is 3.29. The van der Waals surface area contributed by atoms with Crippen LogP contribution in [0.1, 0.15) is 26.5 Å². The maximum atomic E-state index is 12.7. The number of carbonyl (C=O) groups is 1. The molecule has 1 unspecified atom stereocenters. The first-order valence-electron chi connectivity index (χ1n) is 9.72. The lowest BCUT2D eigenvalue weighted by Gasteiger charge is -2.17. The van der Waals surface area contributed by atoms with Gasteiger partial charge in [0.25, 0.3) is 5.56 Å². The van der Waals surface area contributed by atoms with Crippen LogP contribution in [0, 0.1) is 5.92 Å². The number of ether oxygens (including phenoxy) is 1. The SMILES string of the molecule is CC(C)C(=O)Nc1nc2c(nc(-c3ccccc3)n2[C@H]2CC(O)[C@@H](CO)O2)c(=O)[nH]1. The number of imidazole rings is 1. The molecule has 1 amide bonds. The molecule has 0 spiro atoms. The lowest BCUT2D eigenvalue weighted by molar-refractivity contribution is -0.118. The van der Waals surface area contributed by atoms with Crippen molar-refractivity contribution in [3.8, 4) is 11.4 Å². The van der Waals surface area contributed by atoms with Gasteiger partial charge in [0.05, 0.1) is 12.7 Å². The summed E-state index contributed by atoms with van der Waals surface area (Å²) in [5.74, 6) is -0.148. The van der Waals surface area contributed by atoms with Crippen molar-refractivity contribution in [2.45, 2.75) is 38.7 Å². The number of aliphatic hydroxyl groups excluding tert-OH is 2. The molecule has 3 aromatic rings. The second-order valence-electron chi connectivity index (χ2n) is 7.52. The summed E-state index contributed by atoms with van der Waals surface area (Å²) in [5.41, 5.74) is 0.523. The van der Waals surface area contributed by atoms with Crippen LogP contribution in [0.4, 0.5) is 5.95 Å². The summed E-state index contributed by atoms with van der Waals surface area (Å²) in [5, 5.41) is 22.3. The quantitative estimate of drug-likeness (QED) is 0.489. The number of aliphatic hydroxyl groups is 2. The first-order chi connectivity index (χ1) is 14.4. The van der Waals surface area contributed by atoms with E-state index in [2.05, 4.69) is 20.3 Å². The van der Waals surface area contributed by atoms with Crippen molar-refractivity contribution < 1.29 is 19.7 Å². The van der Waals surface area contributed by atoms with Crippen LogP contribution >= 0.6 is 0 Å². The highest BCUT2D eigenvalue weighted by molar-refractivity contribution is 5.91. The fraction of sp³-hybridized carbons (Fsp3) is 0.400. The van der Waals surface area contributed by atoms with Crippen LogP contribution in [-0.2, 0) is 9.53 Å². The average molecular weight is 413 g/mol. The van der Waals surface area contributed by atoms with Gasteiger partial charge in [0.1, 0.15) is 18.2 Å². The molecule has 10 heteroatoms. The van der Waals surface area contributed by atoms with E-state index in [9.17, 15) is 19.8 Å². The van der Waals surface area contributed by atoms with Crippen molar-refractivity contribution in [1.82, 2.24) is 19.5 Å². The molecular weight excluding hydrogens is 390 g/mol. The van der Waals surface area contributed by atoms with Gasteiger partial charge >= 0.3 is 0 Å². The van der Waals surface area contributed by atoms with E-state index in [-0.39, 0.29) is 42.0 Å². The fourth-order valence-electron chi connectivity index (χ4n) is 3.41. The number of hydrogen-bond acceptors (Lipinski definition) is 7. The number of aromatic nitrogens is 4. The van der Waals surface area contributed by atoms with Crippen LogP contribution in [0.3, 0.4) is 0 Å². The van der Waals surface area contributed by atoms with Crippen molar-refractivity contribution in [2.75, 3.05) is 11.9 Å². The van der Waals surface area contributed by atoms with Crippen LogP contribution in [0.2, 0.25) is 0 Å². The van der Waals surface area contributed by atoms with Crippen molar-refractivity contribution in [1.29, 1.82) is 0 Å². The molecule has 4 N–H and O–H groups in total. The van der Waals surface area contributed by atoms with Crippen LogP contribution in [0.15, 0.2) is 35.1 Å². The molecule has 0 saturated carbocycles. The Labute approximate surface area is 171 Å². The van der Waals surface area contributed by atoms with Crippen LogP contribution in [-0.4, -0.2) is 54.5 Å². The number of H-pyrrole nitrogens is 1. The molecule has 10 nitrogen and oxygen atoms in total. The number of aromatic amines is 1. The third kappa shape index (κ3) is 3.60. The van der Waals surface area contributed by atoms with Crippen molar-refractivity contribution in [3.05, 3.63) is 40.7 Å². The highest BCUT2D eigenvalue weighted by Crippen LogP contribution is 2.35. The van der Waals surface area contributed by atoms with E-state index in [4.69, 9.17) is 4.74 Å². The predicted octanol–water partition coefficient (Wildman–Crippen LogP) is 1.02. The molecule has 1 aliphatic heterocycles. The van der Waals surface area contributed by atoms with E-state index in [1.807, 2.05) is 30.3 Å². The first-order valence-corrected chi connectivity index (χ1v) is 9.72. The van der Waals surface area contributed by atoms with Gasteiger partial charge in [-0.1, -0.05) is 44.2 Å². The highest BCUT2D eigenvalue weighted by Gasteiger charge is 2.37. The molecule has 1 fully saturated rings. The van der Waals surface area contributed by atoms with Crippen molar-refractivity contribution >= 4 is 23.0 Å². The van der Waals surface area contributed by atoms with E-state index in [1.165, 1.54) is 0 Å². The predicted molar refractivity (Wildman–Crippen MR) is 109 cm³/mol. The topological polar surface area (TPSA) is 142 Å². The Kier molecular flexibility index (Phi) is 5.37. The van der Waals surface area contributed by atoms with Gasteiger partial charge in [0.15, 0.2) is 11.2 Å². The van der Waals surface area contributed by atoms with E-state index in [1.54, 1.807) is 18.4 Å². The van der Waals surface area contributed by atoms with Gasteiger partial charge in [-0.15, -0.1) is 0 Å². The summed E-state index contributed by atoms with van der Waals surface area (Å²) >= 11 is 0. The van der Waals surface area contributed by atoms with Gasteiger partial charge in [0.2, 0.25) is 11.9 Å². The van der Waals surface area contributed by atoms with Crippen LogP contribution in [0.5, 0.6) is 0 Å². The monoisotopic (exact) mass is 413 g/mol. The summed E-state index contributed by atoms with van der Waals surface area (Å²) in [6, 6.07) is 9.21. The maximum absolute atomic E-state index is 12.7. The smallest absolute Gasteiger partial charge is 0.280 e. The van der Waals surface area contributed by atoms with Gasteiger partial charge in [-0.3, -0.25) is 24.5 Å². The van der Waals surface area contributed by atoms with Crippen LogP contribution in [0.25, 0.3) is 22.6 Å². The Morgan fingerprint density at radius 2 is 2.07 bits per heavy atom. The number of nitrogens with one attached hydrogen (secondary N) is 2. The van der Waals surface area contributed by atoms with E-state index < -0.39 is 24.0 Å². The zero-order valence-corrected chi connectivity index (χ0v) is 16.6. The third-order valence-corrected chi connectivity index (χ3v) is 5.02. The summed E-state index contributed by atoms with van der Waals surface area (Å²) in [4.78, 5) is 36.2. The molecule has 1 aromatic carbocycles. The molecule has 4 rings (SSSR count). The lowest BCUT2D eigenvalue weighted by Crippen LogP contribution is -2.24. The number of amides is 1. The number of nitrogens with zero attached hydrogens (tertiary/aromatic N) is 3. The van der Waals surface area contributed by atoms with Gasteiger partial charge in [-0.25, -0.2) is 4.98 Å². The largest absolute Gasteiger partial charge is 0.394 e. The summed E-state index contributed by atoms with van der Waals surface area (Å²) in [6.07, 6.45) is -2.12. The molecular formula is C20H23N5O5. The number of carbonyl (C=O) groups excluding carboxylic acids is 1. The Bertz CT molecular complexity index is 1120. The fourth-order valence-corrected chi connectivity index (χ4v) is 3.41. The molecule has 30 heavy (non-hydrogen) atoms. The Morgan fingerprint density at radius 1 is 1.33 bits per heavy atom. The molecule has 0 aliphatic carbocycles. The molecule has 1 saturated heterocycles. The molecule has 2 aromatic heterocycles. The van der Waals surface area contributed by atoms with E-state index in [0.717, 1.165) is 5.56 Å². The zero-order chi connectivity index (χ0) is 21.4. The maximum Gasteiger partial charge on any atom is 0.280 e. The number of fused-ring (bicyclic) bond motifs is 1. The number of anilines is 1. The molecule has 3 atom stereocenters. The van der Waals surface area contributed by atoms with Gasteiger partial charge in [0, 0.05) is 17.9 Å². The standard InChI is InChI=1S/C20H23N5O5/c1-10(2)18(28)23-20-22-17-15(19(29)24-20)21-16(11-6-4-3-5-7-11)25(17)14-8-12(27)13(9-26)30-14/h3-7,10,12-14,26-27H,8-9H2,1-2H3,(H2,22,23,24,28,29)/t12?,13-,14-/m1/s1. The first kappa shape index (κ1) is 20.2. The molecule has 0 bridgehead atoms. The molecule has 158 valence electrons. The van der Waals surface area contributed by atoms with Gasteiger partial charge < -0.3 is 14.9 Å².